The molecule has 2 aromatic heterocycles. The van der Waals surface area contributed by atoms with Crippen LogP contribution in [0.5, 0.6) is 0 Å². The molecule has 1 aliphatic heterocycles. The zero-order valence-corrected chi connectivity index (χ0v) is 20.6. The predicted molar refractivity (Wildman–Crippen MR) is 126 cm³/mol. The lowest BCUT2D eigenvalue weighted by Crippen LogP contribution is -2.37. The van der Waals surface area contributed by atoms with Gasteiger partial charge in [-0.3, -0.25) is 9.59 Å². The molecule has 10 heteroatoms. The highest BCUT2D eigenvalue weighted by Gasteiger charge is 2.54. The van der Waals surface area contributed by atoms with Crippen molar-refractivity contribution < 1.29 is 27.9 Å². The SMILES string of the molecule is O=C1CC(C2CC3CC3C2O)CCCCN(C(=O)c2nn3c(C(F)(F)F)cc(C4CC4)cc3c2Cl)C1. The van der Waals surface area contributed by atoms with Crippen LogP contribution in [-0.2, 0) is 11.0 Å². The van der Waals surface area contributed by atoms with Crippen molar-refractivity contribution in [2.75, 3.05) is 13.1 Å². The smallest absolute Gasteiger partial charge is 0.393 e. The highest BCUT2D eigenvalue weighted by atomic mass is 35.5. The zero-order valence-electron chi connectivity index (χ0n) is 19.8. The maximum absolute atomic E-state index is 13.8. The summed E-state index contributed by atoms with van der Waals surface area (Å²) in [4.78, 5) is 27.8. The first-order valence-corrected chi connectivity index (χ1v) is 13.3. The first-order chi connectivity index (χ1) is 17.1. The number of ketones is 1. The summed E-state index contributed by atoms with van der Waals surface area (Å²) in [6, 6.07) is 2.68. The van der Waals surface area contributed by atoms with Crippen LogP contribution in [0.25, 0.3) is 5.52 Å². The molecule has 4 fully saturated rings. The van der Waals surface area contributed by atoms with Crippen molar-refractivity contribution in [3.63, 3.8) is 0 Å². The molecule has 2 aromatic rings. The summed E-state index contributed by atoms with van der Waals surface area (Å²) in [5.41, 5.74) is -0.614. The lowest BCUT2D eigenvalue weighted by atomic mass is 9.80. The Balaban J connectivity index is 1.26. The molecule has 1 saturated heterocycles. The molecule has 5 unspecified atom stereocenters. The summed E-state index contributed by atoms with van der Waals surface area (Å²) < 4.78 is 42.2. The Bertz CT molecular complexity index is 1220. The minimum atomic E-state index is -4.66. The monoisotopic (exact) mass is 523 g/mol. The predicted octanol–water partition coefficient (Wildman–Crippen LogP) is 5.10. The highest BCUT2D eigenvalue weighted by molar-refractivity contribution is 6.36. The Labute approximate surface area is 211 Å². The molecule has 36 heavy (non-hydrogen) atoms. The van der Waals surface area contributed by atoms with E-state index in [-0.39, 0.29) is 52.4 Å². The molecule has 1 N–H and O–H groups in total. The second-order valence-corrected chi connectivity index (χ2v) is 11.6. The van der Waals surface area contributed by atoms with Gasteiger partial charge in [-0.15, -0.1) is 0 Å². The van der Waals surface area contributed by atoms with Crippen LogP contribution >= 0.6 is 11.6 Å². The number of aliphatic hydroxyl groups is 1. The van der Waals surface area contributed by atoms with Crippen molar-refractivity contribution in [3.05, 3.63) is 34.1 Å². The summed E-state index contributed by atoms with van der Waals surface area (Å²) in [5.74, 6) is 0.543. The van der Waals surface area contributed by atoms with Crippen LogP contribution in [0.3, 0.4) is 0 Å². The molecule has 5 atom stereocenters. The minimum absolute atomic E-state index is 0.0567. The second kappa shape index (κ2) is 8.72. The summed E-state index contributed by atoms with van der Waals surface area (Å²) in [5, 5.41) is 14.5. The molecule has 194 valence electrons. The fourth-order valence-corrected chi connectivity index (χ4v) is 6.77. The third-order valence-corrected chi connectivity index (χ3v) is 9.04. The molecule has 3 aliphatic carbocycles. The van der Waals surface area contributed by atoms with Crippen molar-refractivity contribution in [1.29, 1.82) is 0 Å². The number of hydrogen-bond acceptors (Lipinski definition) is 4. The van der Waals surface area contributed by atoms with E-state index in [0.29, 0.717) is 41.3 Å². The first kappa shape index (κ1) is 24.2. The number of Topliss-reactive ketones (excluding diaryl/α,β-unsaturated/α-hetero) is 1. The number of carbonyl (C=O) groups is 2. The lowest BCUT2D eigenvalue weighted by molar-refractivity contribution is -0.142. The molecule has 0 aromatic carbocycles. The third-order valence-electron chi connectivity index (χ3n) is 8.67. The molecule has 4 aliphatic rings. The van der Waals surface area contributed by atoms with E-state index in [1.54, 1.807) is 6.07 Å². The van der Waals surface area contributed by atoms with Crippen molar-refractivity contribution in [2.45, 2.75) is 69.6 Å². The van der Waals surface area contributed by atoms with Crippen LogP contribution in [0.15, 0.2) is 12.1 Å². The van der Waals surface area contributed by atoms with Crippen molar-refractivity contribution in [1.82, 2.24) is 14.5 Å². The minimum Gasteiger partial charge on any atom is -0.393 e. The molecule has 3 saturated carbocycles. The van der Waals surface area contributed by atoms with Gasteiger partial charge >= 0.3 is 6.18 Å². The Morgan fingerprint density at radius 3 is 2.44 bits per heavy atom. The second-order valence-electron chi connectivity index (χ2n) is 11.2. The van der Waals surface area contributed by atoms with Crippen molar-refractivity contribution >= 4 is 28.8 Å². The normalized spacial score (nSPS) is 31.2. The van der Waals surface area contributed by atoms with Gasteiger partial charge in [-0.1, -0.05) is 18.0 Å². The van der Waals surface area contributed by atoms with Gasteiger partial charge in [0.25, 0.3) is 5.91 Å². The van der Waals surface area contributed by atoms with Gasteiger partial charge in [0.05, 0.1) is 23.2 Å². The lowest BCUT2D eigenvalue weighted by Gasteiger charge is -2.27. The third kappa shape index (κ3) is 4.32. The van der Waals surface area contributed by atoms with Gasteiger partial charge in [0.2, 0.25) is 0 Å². The molecule has 6 nitrogen and oxygen atoms in total. The maximum Gasteiger partial charge on any atom is 0.433 e. The number of carbonyl (C=O) groups excluding carboxylic acids is 2. The molecule has 0 spiro atoms. The van der Waals surface area contributed by atoms with Crippen LogP contribution in [0.4, 0.5) is 13.2 Å². The van der Waals surface area contributed by atoms with E-state index in [4.69, 9.17) is 11.6 Å². The number of halogens is 4. The Morgan fingerprint density at radius 1 is 1.08 bits per heavy atom. The van der Waals surface area contributed by atoms with E-state index in [2.05, 4.69) is 5.10 Å². The van der Waals surface area contributed by atoms with Gasteiger partial charge in [0, 0.05) is 13.0 Å². The van der Waals surface area contributed by atoms with Gasteiger partial charge < -0.3 is 10.0 Å². The number of aromatic nitrogens is 2. The van der Waals surface area contributed by atoms with Crippen LogP contribution in [0.1, 0.15) is 79.0 Å². The number of hydrogen-bond donors (Lipinski definition) is 1. The van der Waals surface area contributed by atoms with E-state index >= 15 is 0 Å². The fourth-order valence-electron chi connectivity index (χ4n) is 6.52. The van der Waals surface area contributed by atoms with Gasteiger partial charge in [0.15, 0.2) is 11.5 Å². The van der Waals surface area contributed by atoms with Crippen LogP contribution in [0.2, 0.25) is 5.02 Å². The van der Waals surface area contributed by atoms with E-state index in [1.807, 2.05) is 0 Å². The van der Waals surface area contributed by atoms with Crippen LogP contribution < -0.4 is 0 Å². The molecule has 6 rings (SSSR count). The summed E-state index contributed by atoms with van der Waals surface area (Å²) in [7, 11) is 0. The number of alkyl halides is 3. The van der Waals surface area contributed by atoms with E-state index in [1.165, 1.54) is 4.90 Å². The van der Waals surface area contributed by atoms with E-state index in [9.17, 15) is 27.9 Å². The molecule has 0 bridgehead atoms. The van der Waals surface area contributed by atoms with Crippen LogP contribution in [-0.4, -0.2) is 50.5 Å². The Hall–Kier alpha value is -2.13. The fraction of sp³-hybridized carbons (Fsp3) is 0.654. The van der Waals surface area contributed by atoms with E-state index in [0.717, 1.165) is 44.6 Å². The van der Waals surface area contributed by atoms with E-state index < -0.39 is 17.8 Å². The summed E-state index contributed by atoms with van der Waals surface area (Å²) >= 11 is 6.46. The van der Waals surface area contributed by atoms with Gasteiger partial charge in [-0.05, 0) is 85.8 Å². The van der Waals surface area contributed by atoms with Crippen molar-refractivity contribution in [3.8, 4) is 0 Å². The van der Waals surface area contributed by atoms with Crippen molar-refractivity contribution in [2.24, 2.45) is 23.7 Å². The highest BCUT2D eigenvalue weighted by Crippen LogP contribution is 2.57. The number of fused-ring (bicyclic) bond motifs is 2. The molecule has 0 radical (unpaired) electrons. The molecular formula is C26H29ClF3N3O3. The average molecular weight is 524 g/mol. The standard InChI is InChI=1S/C26H29ClF3N3O3/c27-22-20-10-15(13-4-5-13)11-21(26(28,29)30)33(20)31-23(22)25(36)32-6-2-1-3-14(7-17(34)12-32)18-8-16-9-19(16)24(18)35/h10-11,13-14,16,18-19,24,35H,1-9,12H2. The Kier molecular flexibility index (Phi) is 5.87. The maximum atomic E-state index is 13.8. The first-order valence-electron chi connectivity index (χ1n) is 12.9. The zero-order chi connectivity index (χ0) is 25.4. The summed E-state index contributed by atoms with van der Waals surface area (Å²) in [6.45, 7) is 0.175. The average Bonchev–Trinajstić information content (AvgIpc) is 3.74. The van der Waals surface area contributed by atoms with Gasteiger partial charge in [-0.2, -0.15) is 18.3 Å². The summed E-state index contributed by atoms with van der Waals surface area (Å²) in [6.07, 6.45) is 1.28. The Morgan fingerprint density at radius 2 is 1.81 bits per heavy atom. The number of nitrogens with zero attached hydrogens (tertiary/aromatic N) is 3. The molecule has 1 amide bonds. The van der Waals surface area contributed by atoms with Gasteiger partial charge in [-0.25, -0.2) is 4.52 Å². The van der Waals surface area contributed by atoms with Gasteiger partial charge in [0.1, 0.15) is 5.69 Å². The van der Waals surface area contributed by atoms with Crippen LogP contribution in [0, 0.1) is 23.7 Å². The number of aliphatic hydroxyl groups excluding tert-OH is 1. The molecular weight excluding hydrogens is 495 g/mol. The number of pyridine rings is 1. The quantitative estimate of drug-likeness (QED) is 0.607. The molecule has 3 heterocycles. The number of amides is 1. The topological polar surface area (TPSA) is 74.9 Å². The largest absolute Gasteiger partial charge is 0.433 e. The number of rotatable bonds is 3.